The monoisotopic (exact) mass is 155 g/mol. The van der Waals surface area contributed by atoms with Crippen LogP contribution in [-0.2, 0) is 0 Å². The predicted octanol–water partition coefficient (Wildman–Crippen LogP) is 0.195. The first-order valence-electron chi connectivity index (χ1n) is 2.88. The van der Waals surface area contributed by atoms with E-state index in [1.165, 1.54) is 0 Å². The number of nitrogen functional groups attached to an aromatic ring is 1. The molecule has 0 bridgehead atoms. The summed E-state index contributed by atoms with van der Waals surface area (Å²) in [7, 11) is 0. The Kier molecular flexibility index (Phi) is 2.19. The minimum absolute atomic E-state index is 0.519. The number of rotatable bonds is 1. The van der Waals surface area contributed by atoms with Crippen molar-refractivity contribution in [3.8, 4) is 0 Å². The van der Waals surface area contributed by atoms with Crippen LogP contribution in [0.15, 0.2) is 24.3 Å². The highest BCUT2D eigenvalue weighted by Crippen LogP contribution is 1.99. The van der Waals surface area contributed by atoms with E-state index in [0.29, 0.717) is 11.2 Å². The van der Waals surface area contributed by atoms with Gasteiger partial charge in [0.05, 0.1) is 0 Å². The van der Waals surface area contributed by atoms with Gasteiger partial charge in [0.25, 0.3) is 0 Å². The van der Waals surface area contributed by atoms with E-state index in [1.807, 2.05) is 0 Å². The van der Waals surface area contributed by atoms with Crippen LogP contribution < -0.4 is 11.2 Å². The molecule has 0 aliphatic rings. The van der Waals surface area contributed by atoms with Gasteiger partial charge in [-0.25, -0.2) is 0 Å². The third-order valence-corrected chi connectivity index (χ3v) is 1.49. The zero-order chi connectivity index (χ0) is 7.56. The van der Waals surface area contributed by atoms with Gasteiger partial charge in [-0.15, -0.1) is 11.5 Å². The maximum absolute atomic E-state index is 8.89. The van der Waals surface area contributed by atoms with Crippen molar-refractivity contribution in [2.75, 3.05) is 5.73 Å². The largest absolute Gasteiger partial charge is 0.434 e. The Morgan fingerprint density at radius 3 is 2.40 bits per heavy atom. The maximum atomic E-state index is 8.89. The van der Waals surface area contributed by atoms with Crippen LogP contribution in [-0.4, -0.2) is 11.4 Å². The summed E-state index contributed by atoms with van der Waals surface area (Å²) in [5.74, 6) is 0. The highest BCUT2D eigenvalue weighted by atomic mass is 35.5. The second-order valence-corrected chi connectivity index (χ2v) is 2.38. The molecule has 4 heteroatoms. The molecule has 0 heterocycles. The van der Waals surface area contributed by atoms with Crippen molar-refractivity contribution in [3.05, 3.63) is 24.3 Å². The van der Waals surface area contributed by atoms with Gasteiger partial charge >= 0.3 is 6.33 Å². The van der Waals surface area contributed by atoms with E-state index in [9.17, 15) is 0 Å². The molecule has 0 saturated carbocycles. The van der Waals surface area contributed by atoms with Gasteiger partial charge in [-0.05, 0) is 11.5 Å². The quantitative estimate of drug-likeness (QED) is 0.449. The first-order valence-corrected chi connectivity index (χ1v) is 3.32. The van der Waals surface area contributed by atoms with Crippen molar-refractivity contribution >= 4 is 28.9 Å². The van der Waals surface area contributed by atoms with Crippen LogP contribution in [0.3, 0.4) is 0 Å². The second-order valence-electron chi connectivity index (χ2n) is 1.96. The Morgan fingerprint density at radius 1 is 1.40 bits per heavy atom. The summed E-state index contributed by atoms with van der Waals surface area (Å²) in [4.78, 5) is 0. The van der Waals surface area contributed by atoms with Gasteiger partial charge in [0, 0.05) is 5.69 Å². The molecular weight excluding hydrogens is 148 g/mol. The summed E-state index contributed by atoms with van der Waals surface area (Å²) < 4.78 is 0. The van der Waals surface area contributed by atoms with Gasteiger partial charge in [0.2, 0.25) is 0 Å². The molecule has 0 aliphatic carbocycles. The summed E-state index contributed by atoms with van der Waals surface area (Å²) in [5, 5.41) is 8.89. The van der Waals surface area contributed by atoms with Crippen molar-refractivity contribution in [2.24, 2.45) is 0 Å². The summed E-state index contributed by atoms with van der Waals surface area (Å²) in [6.45, 7) is 0. The first-order chi connectivity index (χ1) is 4.72. The smallest absolute Gasteiger partial charge is 0.433 e. The molecule has 0 atom stereocenters. The average molecular weight is 155 g/mol. The highest BCUT2D eigenvalue weighted by molar-refractivity contribution is 7.10. The van der Waals surface area contributed by atoms with E-state index < -0.39 is 6.33 Å². The van der Waals surface area contributed by atoms with E-state index in [1.54, 1.807) is 24.3 Å². The molecule has 1 aromatic rings. The molecule has 2 nitrogen and oxygen atoms in total. The molecule has 0 aliphatic heterocycles. The molecule has 1 aromatic carbocycles. The molecular formula is C6H7BClNO. The molecule has 0 aromatic heterocycles. The third kappa shape index (κ3) is 1.43. The lowest BCUT2D eigenvalue weighted by molar-refractivity contribution is 0.607. The summed E-state index contributed by atoms with van der Waals surface area (Å²) >= 11 is 5.38. The minimum atomic E-state index is -0.999. The lowest BCUT2D eigenvalue weighted by atomic mass is 9.85. The molecule has 0 amide bonds. The summed E-state index contributed by atoms with van der Waals surface area (Å²) in [6.07, 6.45) is -0.999. The minimum Gasteiger partial charge on any atom is -0.434 e. The molecule has 0 saturated heterocycles. The van der Waals surface area contributed by atoms with Gasteiger partial charge in [-0.1, -0.05) is 18.2 Å². The Hall–Kier alpha value is -0.665. The van der Waals surface area contributed by atoms with Crippen LogP contribution in [0.1, 0.15) is 0 Å². The van der Waals surface area contributed by atoms with Crippen molar-refractivity contribution in [1.82, 2.24) is 0 Å². The second kappa shape index (κ2) is 2.95. The normalized spacial score (nSPS) is 9.40. The standard InChI is InChI=1S/C6H7BClNO/c8-7(10)5-3-1-2-4-6(5)9/h1-4,10H,9H2. The summed E-state index contributed by atoms with van der Waals surface area (Å²) in [5.41, 5.74) is 6.55. The Labute approximate surface area is 64.6 Å². The van der Waals surface area contributed by atoms with Crippen molar-refractivity contribution in [1.29, 1.82) is 0 Å². The highest BCUT2D eigenvalue weighted by Gasteiger charge is 2.11. The number of hydrogen-bond acceptors (Lipinski definition) is 2. The van der Waals surface area contributed by atoms with Gasteiger partial charge in [-0.3, -0.25) is 0 Å². The Bertz CT molecular complexity index is 229. The van der Waals surface area contributed by atoms with Crippen LogP contribution >= 0.6 is 11.5 Å². The number of anilines is 1. The first kappa shape index (κ1) is 7.44. The van der Waals surface area contributed by atoms with E-state index in [0.717, 1.165) is 0 Å². The predicted molar refractivity (Wildman–Crippen MR) is 44.3 cm³/mol. The van der Waals surface area contributed by atoms with Crippen LogP contribution in [0, 0.1) is 0 Å². The SMILES string of the molecule is Nc1ccccc1B(O)Cl. The molecule has 0 radical (unpaired) electrons. The molecule has 52 valence electrons. The van der Waals surface area contributed by atoms with Gasteiger partial charge in [0.15, 0.2) is 0 Å². The third-order valence-electron chi connectivity index (χ3n) is 1.25. The van der Waals surface area contributed by atoms with Crippen molar-refractivity contribution < 1.29 is 5.02 Å². The van der Waals surface area contributed by atoms with Gasteiger partial charge in [-0.2, -0.15) is 0 Å². The number of benzene rings is 1. The Morgan fingerprint density at radius 2 is 2.00 bits per heavy atom. The van der Waals surface area contributed by atoms with Crippen LogP contribution in [0.2, 0.25) is 0 Å². The van der Waals surface area contributed by atoms with E-state index >= 15 is 0 Å². The zero-order valence-electron chi connectivity index (χ0n) is 5.29. The Balaban J connectivity index is 3.03. The summed E-state index contributed by atoms with van der Waals surface area (Å²) in [6, 6.07) is 6.95. The fourth-order valence-corrected chi connectivity index (χ4v) is 0.927. The lowest BCUT2D eigenvalue weighted by Crippen LogP contribution is -2.26. The molecule has 10 heavy (non-hydrogen) atoms. The average Bonchev–Trinajstić information content (AvgIpc) is 1.88. The van der Waals surface area contributed by atoms with Crippen molar-refractivity contribution in [3.63, 3.8) is 0 Å². The maximum Gasteiger partial charge on any atom is 0.433 e. The molecule has 0 spiro atoms. The van der Waals surface area contributed by atoms with Gasteiger partial charge < -0.3 is 10.8 Å². The lowest BCUT2D eigenvalue weighted by Gasteiger charge is -2.01. The van der Waals surface area contributed by atoms with E-state index in [2.05, 4.69) is 0 Å². The fraction of sp³-hybridized carbons (Fsp3) is 0. The molecule has 1 rings (SSSR count). The van der Waals surface area contributed by atoms with Crippen molar-refractivity contribution in [2.45, 2.75) is 0 Å². The fourth-order valence-electron chi connectivity index (χ4n) is 0.728. The van der Waals surface area contributed by atoms with Gasteiger partial charge in [0.1, 0.15) is 0 Å². The van der Waals surface area contributed by atoms with Crippen LogP contribution in [0.4, 0.5) is 5.69 Å². The molecule has 0 unspecified atom stereocenters. The number of hydrogen-bond donors (Lipinski definition) is 2. The number of halogens is 1. The molecule has 0 fully saturated rings. The zero-order valence-corrected chi connectivity index (χ0v) is 6.05. The van der Waals surface area contributed by atoms with E-state index in [4.69, 9.17) is 22.2 Å². The van der Waals surface area contributed by atoms with Crippen LogP contribution in [0.25, 0.3) is 0 Å². The molecule has 3 N–H and O–H groups in total. The van der Waals surface area contributed by atoms with E-state index in [-0.39, 0.29) is 0 Å². The topological polar surface area (TPSA) is 46.2 Å². The van der Waals surface area contributed by atoms with Crippen LogP contribution in [0.5, 0.6) is 0 Å². The number of para-hydroxylation sites is 1. The number of nitrogens with two attached hydrogens (primary N) is 1.